The standard InChI is InChI=1S/C29H38N2O3S/c1-23-21-24(2)28-26-17-11-12-18-27(26)31(29(28)32)20-14-7-5-3-4-6-13-19-30(22-23)35(33,34)25-15-9-8-10-16-25/h8-12,15-18,24,28H,1,3-7,13-14,19-22H2,2H3. The molecule has 35 heavy (non-hydrogen) atoms. The minimum Gasteiger partial charge on any atom is -0.312 e. The van der Waals surface area contributed by atoms with Crippen LogP contribution in [-0.2, 0) is 14.8 Å². The van der Waals surface area contributed by atoms with E-state index in [1.54, 1.807) is 28.6 Å². The number of sulfonamides is 1. The molecule has 2 aliphatic heterocycles. The Bertz CT molecular complexity index is 1130. The summed E-state index contributed by atoms with van der Waals surface area (Å²) >= 11 is 0. The highest BCUT2D eigenvalue weighted by Gasteiger charge is 2.40. The molecule has 188 valence electrons. The van der Waals surface area contributed by atoms with E-state index in [2.05, 4.69) is 25.6 Å². The molecule has 2 bridgehead atoms. The van der Waals surface area contributed by atoms with Crippen molar-refractivity contribution in [3.8, 4) is 0 Å². The van der Waals surface area contributed by atoms with Crippen LogP contribution in [0.1, 0.15) is 69.8 Å². The van der Waals surface area contributed by atoms with Crippen LogP contribution in [0.4, 0.5) is 5.69 Å². The summed E-state index contributed by atoms with van der Waals surface area (Å²) in [7, 11) is -3.61. The number of rotatable bonds is 2. The number of nitrogens with zero attached hydrogens (tertiary/aromatic N) is 2. The summed E-state index contributed by atoms with van der Waals surface area (Å²) in [6.45, 7) is 7.91. The minimum absolute atomic E-state index is 0.0399. The van der Waals surface area contributed by atoms with E-state index in [1.165, 1.54) is 0 Å². The molecule has 0 radical (unpaired) electrons. The topological polar surface area (TPSA) is 57.7 Å². The van der Waals surface area contributed by atoms with Gasteiger partial charge in [-0.15, -0.1) is 0 Å². The molecule has 1 saturated heterocycles. The van der Waals surface area contributed by atoms with Gasteiger partial charge in [0.05, 0.1) is 10.8 Å². The van der Waals surface area contributed by atoms with Crippen molar-refractivity contribution >= 4 is 21.6 Å². The molecule has 0 aromatic heterocycles. The van der Waals surface area contributed by atoms with E-state index in [4.69, 9.17) is 0 Å². The van der Waals surface area contributed by atoms with Gasteiger partial charge in [0, 0.05) is 25.3 Å². The minimum atomic E-state index is -3.61. The van der Waals surface area contributed by atoms with Crippen molar-refractivity contribution in [1.82, 2.24) is 4.31 Å². The molecule has 0 aliphatic carbocycles. The summed E-state index contributed by atoms with van der Waals surface area (Å²) < 4.78 is 28.5. The number of amides is 1. The summed E-state index contributed by atoms with van der Waals surface area (Å²) in [5.74, 6) is 0.000469. The van der Waals surface area contributed by atoms with Crippen molar-refractivity contribution in [2.24, 2.45) is 5.92 Å². The van der Waals surface area contributed by atoms with Gasteiger partial charge in [0.2, 0.25) is 15.9 Å². The molecule has 0 spiro atoms. The van der Waals surface area contributed by atoms with Crippen LogP contribution >= 0.6 is 0 Å². The van der Waals surface area contributed by atoms with Crippen molar-refractivity contribution in [1.29, 1.82) is 0 Å². The van der Waals surface area contributed by atoms with Crippen molar-refractivity contribution in [3.63, 3.8) is 0 Å². The number of hydrogen-bond donors (Lipinski definition) is 0. The van der Waals surface area contributed by atoms with E-state index in [9.17, 15) is 13.2 Å². The third-order valence-electron chi connectivity index (χ3n) is 7.34. The third kappa shape index (κ3) is 5.87. The average Bonchev–Trinajstić information content (AvgIpc) is 3.13. The Kier molecular flexibility index (Phi) is 8.45. The molecule has 2 atom stereocenters. The smallest absolute Gasteiger partial charge is 0.243 e. The first kappa shape index (κ1) is 25.6. The first-order valence-corrected chi connectivity index (χ1v) is 14.5. The van der Waals surface area contributed by atoms with Gasteiger partial charge < -0.3 is 4.90 Å². The van der Waals surface area contributed by atoms with E-state index < -0.39 is 10.0 Å². The number of carbonyl (C=O) groups excluding carboxylic acids is 1. The highest BCUT2D eigenvalue weighted by Crippen LogP contribution is 2.43. The molecule has 2 aliphatic rings. The fourth-order valence-corrected chi connectivity index (χ4v) is 7.07. The van der Waals surface area contributed by atoms with E-state index in [-0.39, 0.29) is 24.3 Å². The molecular formula is C29H38N2O3S. The van der Waals surface area contributed by atoms with E-state index >= 15 is 0 Å². The molecule has 0 saturated carbocycles. The number of carbonyl (C=O) groups is 1. The fraction of sp³-hybridized carbons (Fsp3) is 0.483. The summed E-state index contributed by atoms with van der Waals surface area (Å²) in [6.07, 6.45) is 7.98. The molecule has 0 N–H and O–H groups in total. The van der Waals surface area contributed by atoms with Gasteiger partial charge in [-0.2, -0.15) is 4.31 Å². The van der Waals surface area contributed by atoms with Crippen molar-refractivity contribution in [2.75, 3.05) is 24.5 Å². The SMILES string of the molecule is C=C1CC(C)C2C(=O)N(CCCCCCCCCN(S(=O)(=O)c3ccccc3)C1)c1ccccc12. The Hall–Kier alpha value is -2.44. The molecule has 1 fully saturated rings. The summed E-state index contributed by atoms with van der Waals surface area (Å²) in [5.41, 5.74) is 2.98. The molecule has 4 rings (SSSR count). The molecule has 2 heterocycles. The Morgan fingerprint density at radius 2 is 1.43 bits per heavy atom. The first-order valence-electron chi connectivity index (χ1n) is 13.0. The van der Waals surface area contributed by atoms with Crippen molar-refractivity contribution < 1.29 is 13.2 Å². The van der Waals surface area contributed by atoms with E-state index in [0.717, 1.165) is 68.3 Å². The van der Waals surface area contributed by atoms with Crippen LogP contribution in [0.3, 0.4) is 0 Å². The molecule has 2 aromatic rings. The Balaban J connectivity index is 1.58. The molecule has 2 unspecified atom stereocenters. The summed E-state index contributed by atoms with van der Waals surface area (Å²) in [4.78, 5) is 15.8. The van der Waals surface area contributed by atoms with Gasteiger partial charge in [-0.1, -0.05) is 87.6 Å². The van der Waals surface area contributed by atoms with E-state index in [1.807, 2.05) is 23.1 Å². The fourth-order valence-electron chi connectivity index (χ4n) is 5.55. The highest BCUT2D eigenvalue weighted by molar-refractivity contribution is 7.89. The molecule has 6 heteroatoms. The largest absolute Gasteiger partial charge is 0.312 e. The summed E-state index contributed by atoms with van der Waals surface area (Å²) in [5, 5.41) is 0. The van der Waals surface area contributed by atoms with Gasteiger partial charge in [-0.25, -0.2) is 8.42 Å². The third-order valence-corrected chi connectivity index (χ3v) is 9.20. The lowest BCUT2D eigenvalue weighted by molar-refractivity contribution is -0.120. The maximum Gasteiger partial charge on any atom is 0.243 e. The zero-order valence-corrected chi connectivity index (χ0v) is 21.7. The predicted octanol–water partition coefficient (Wildman–Crippen LogP) is 6.13. The average molecular weight is 495 g/mol. The predicted molar refractivity (Wildman–Crippen MR) is 142 cm³/mol. The second kappa shape index (κ2) is 11.5. The molecule has 1 amide bonds. The number of para-hydroxylation sites is 1. The number of anilines is 1. The summed E-state index contributed by atoms with van der Waals surface area (Å²) in [6, 6.07) is 16.8. The zero-order valence-electron chi connectivity index (χ0n) is 20.9. The maximum absolute atomic E-state index is 13.5. The highest BCUT2D eigenvalue weighted by atomic mass is 32.2. The van der Waals surface area contributed by atoms with E-state index in [0.29, 0.717) is 17.9 Å². The Labute approximate surface area is 210 Å². The first-order chi connectivity index (χ1) is 16.9. The van der Waals surface area contributed by atoms with Gasteiger partial charge >= 0.3 is 0 Å². The zero-order chi connectivity index (χ0) is 24.8. The van der Waals surface area contributed by atoms with Gasteiger partial charge in [0.15, 0.2) is 0 Å². The van der Waals surface area contributed by atoms with Crippen LogP contribution in [0.25, 0.3) is 0 Å². The van der Waals surface area contributed by atoms with Gasteiger partial charge in [-0.3, -0.25) is 4.79 Å². The van der Waals surface area contributed by atoms with Crippen LogP contribution in [0.5, 0.6) is 0 Å². The van der Waals surface area contributed by atoms with Crippen molar-refractivity contribution in [3.05, 3.63) is 72.3 Å². The lowest BCUT2D eigenvalue weighted by Crippen LogP contribution is -2.35. The number of fused-ring (bicyclic) bond motifs is 5. The Morgan fingerprint density at radius 1 is 0.829 bits per heavy atom. The van der Waals surface area contributed by atoms with Crippen LogP contribution in [0, 0.1) is 5.92 Å². The number of benzene rings is 2. The number of hydrogen-bond acceptors (Lipinski definition) is 3. The van der Waals surface area contributed by atoms with Crippen LogP contribution in [0.15, 0.2) is 71.6 Å². The maximum atomic E-state index is 13.5. The monoisotopic (exact) mass is 494 g/mol. The Morgan fingerprint density at radius 3 is 2.14 bits per heavy atom. The van der Waals surface area contributed by atoms with Crippen LogP contribution in [0.2, 0.25) is 0 Å². The van der Waals surface area contributed by atoms with Gasteiger partial charge in [-0.05, 0) is 48.9 Å². The van der Waals surface area contributed by atoms with Crippen LogP contribution < -0.4 is 4.90 Å². The van der Waals surface area contributed by atoms with Crippen LogP contribution in [-0.4, -0.2) is 38.3 Å². The van der Waals surface area contributed by atoms with Crippen molar-refractivity contribution in [2.45, 2.75) is 69.1 Å². The quantitative estimate of drug-likeness (QED) is 0.472. The van der Waals surface area contributed by atoms with Gasteiger partial charge in [0.1, 0.15) is 0 Å². The molecular weight excluding hydrogens is 456 g/mol. The molecule has 5 nitrogen and oxygen atoms in total. The second-order valence-corrected chi connectivity index (χ2v) is 12.0. The second-order valence-electron chi connectivity index (χ2n) is 10.1. The normalized spacial score (nSPS) is 23.6. The van der Waals surface area contributed by atoms with Gasteiger partial charge in [0.25, 0.3) is 0 Å². The lowest BCUT2D eigenvalue weighted by Gasteiger charge is -2.26. The molecule has 2 aromatic carbocycles. The lowest BCUT2D eigenvalue weighted by atomic mass is 9.84.